The molecule has 1 rings (SSSR count). The molecule has 1 aromatic rings. The highest BCUT2D eigenvalue weighted by Crippen LogP contribution is 2.16. The van der Waals surface area contributed by atoms with Crippen LogP contribution in [0.5, 0.6) is 0 Å². The molecule has 0 aliphatic heterocycles. The molecular weight excluding hydrogens is 302 g/mol. The fraction of sp³-hybridized carbons (Fsp3) is 0.438. The van der Waals surface area contributed by atoms with Crippen molar-refractivity contribution < 1.29 is 29.0 Å². The van der Waals surface area contributed by atoms with E-state index >= 15 is 0 Å². The molecule has 0 aliphatic carbocycles. The first kappa shape index (κ1) is 18.5. The van der Waals surface area contributed by atoms with Gasteiger partial charge in [-0.25, -0.2) is 14.4 Å². The van der Waals surface area contributed by atoms with Crippen LogP contribution in [-0.2, 0) is 16.0 Å². The van der Waals surface area contributed by atoms with Crippen molar-refractivity contribution in [3.63, 3.8) is 0 Å². The van der Waals surface area contributed by atoms with E-state index in [1.165, 1.54) is 30.2 Å². The second kappa shape index (κ2) is 7.13. The van der Waals surface area contributed by atoms with Crippen molar-refractivity contribution in [3.05, 3.63) is 34.9 Å². The summed E-state index contributed by atoms with van der Waals surface area (Å²) in [5.74, 6) is -1.97. The molecule has 0 aromatic heterocycles. The SMILES string of the molecule is COC(=O)c1cc(CN(C)C(=O)OC(C)(C)C)ccc1C(=O)O. The Kier molecular flexibility index (Phi) is 5.73. The maximum Gasteiger partial charge on any atom is 0.410 e. The third kappa shape index (κ3) is 5.28. The van der Waals surface area contributed by atoms with Crippen LogP contribution in [0.4, 0.5) is 4.79 Å². The number of carbonyl (C=O) groups is 3. The Labute approximate surface area is 134 Å². The molecule has 1 aromatic carbocycles. The average molecular weight is 323 g/mol. The van der Waals surface area contributed by atoms with Crippen molar-refractivity contribution in [3.8, 4) is 0 Å². The second-order valence-electron chi connectivity index (χ2n) is 6.01. The van der Waals surface area contributed by atoms with Gasteiger partial charge in [-0.1, -0.05) is 6.07 Å². The molecule has 0 unspecified atom stereocenters. The number of carbonyl (C=O) groups excluding carboxylic acids is 2. The van der Waals surface area contributed by atoms with E-state index in [9.17, 15) is 14.4 Å². The first-order valence-electron chi connectivity index (χ1n) is 6.94. The highest BCUT2D eigenvalue weighted by Gasteiger charge is 2.21. The molecule has 0 aliphatic rings. The van der Waals surface area contributed by atoms with Crippen molar-refractivity contribution in [2.45, 2.75) is 32.9 Å². The number of methoxy groups -OCH3 is 1. The lowest BCUT2D eigenvalue weighted by atomic mass is 10.0. The van der Waals surface area contributed by atoms with Gasteiger partial charge >= 0.3 is 18.0 Å². The number of hydrogen-bond acceptors (Lipinski definition) is 5. The molecule has 0 bridgehead atoms. The Bertz CT molecular complexity index is 617. The van der Waals surface area contributed by atoms with Gasteiger partial charge in [-0.3, -0.25) is 0 Å². The summed E-state index contributed by atoms with van der Waals surface area (Å²) in [6.07, 6.45) is -0.514. The van der Waals surface area contributed by atoms with E-state index in [4.69, 9.17) is 9.84 Å². The number of esters is 1. The van der Waals surface area contributed by atoms with Gasteiger partial charge in [0.25, 0.3) is 0 Å². The normalized spacial score (nSPS) is 10.8. The van der Waals surface area contributed by atoms with E-state index in [1.54, 1.807) is 27.8 Å². The molecular formula is C16H21NO6. The lowest BCUT2D eigenvalue weighted by Crippen LogP contribution is -2.33. The summed E-state index contributed by atoms with van der Waals surface area (Å²) < 4.78 is 9.83. The van der Waals surface area contributed by atoms with Gasteiger partial charge in [0.2, 0.25) is 0 Å². The number of benzene rings is 1. The quantitative estimate of drug-likeness (QED) is 0.856. The molecule has 7 nitrogen and oxygen atoms in total. The topological polar surface area (TPSA) is 93.1 Å². The molecule has 0 saturated carbocycles. The summed E-state index contributed by atoms with van der Waals surface area (Å²) >= 11 is 0. The third-order valence-electron chi connectivity index (χ3n) is 2.84. The minimum Gasteiger partial charge on any atom is -0.478 e. The standard InChI is InChI=1S/C16H21NO6/c1-16(2,3)23-15(21)17(4)9-10-6-7-11(13(18)19)12(8-10)14(20)22-5/h6-8H,9H2,1-5H3,(H,18,19). The molecule has 0 heterocycles. The average Bonchev–Trinajstić information content (AvgIpc) is 2.44. The van der Waals surface area contributed by atoms with E-state index in [-0.39, 0.29) is 17.7 Å². The molecule has 0 fully saturated rings. The van der Waals surface area contributed by atoms with Gasteiger partial charge in [0.15, 0.2) is 0 Å². The van der Waals surface area contributed by atoms with Crippen LogP contribution in [-0.4, -0.2) is 47.8 Å². The first-order valence-corrected chi connectivity index (χ1v) is 6.94. The number of ether oxygens (including phenoxy) is 2. The van der Waals surface area contributed by atoms with Crippen LogP contribution < -0.4 is 0 Å². The largest absolute Gasteiger partial charge is 0.478 e. The molecule has 1 amide bonds. The number of hydrogen-bond donors (Lipinski definition) is 1. The summed E-state index contributed by atoms with van der Waals surface area (Å²) in [5.41, 5.74) is -0.241. The number of carboxylic acids is 1. The zero-order valence-corrected chi connectivity index (χ0v) is 13.9. The Morgan fingerprint density at radius 1 is 1.17 bits per heavy atom. The van der Waals surface area contributed by atoms with Crippen LogP contribution in [0, 0.1) is 0 Å². The smallest absolute Gasteiger partial charge is 0.410 e. The Morgan fingerprint density at radius 2 is 1.78 bits per heavy atom. The zero-order valence-electron chi connectivity index (χ0n) is 13.9. The minimum absolute atomic E-state index is 0.0601. The lowest BCUT2D eigenvalue weighted by Gasteiger charge is -2.24. The lowest BCUT2D eigenvalue weighted by molar-refractivity contribution is 0.0284. The summed E-state index contributed by atoms with van der Waals surface area (Å²) in [7, 11) is 2.73. The fourth-order valence-corrected chi connectivity index (χ4v) is 1.83. The number of carboxylic acid groups (broad SMARTS) is 1. The van der Waals surface area contributed by atoms with Gasteiger partial charge in [-0.05, 0) is 38.5 Å². The van der Waals surface area contributed by atoms with Crippen LogP contribution in [0.25, 0.3) is 0 Å². The second-order valence-corrected chi connectivity index (χ2v) is 6.01. The molecule has 0 radical (unpaired) electrons. The van der Waals surface area contributed by atoms with Gasteiger partial charge in [0.05, 0.1) is 18.2 Å². The van der Waals surface area contributed by atoms with Gasteiger partial charge < -0.3 is 19.5 Å². The fourth-order valence-electron chi connectivity index (χ4n) is 1.83. The predicted octanol–water partition coefficient (Wildman–Crippen LogP) is 2.54. The molecule has 23 heavy (non-hydrogen) atoms. The molecule has 7 heteroatoms. The van der Waals surface area contributed by atoms with Crippen LogP contribution in [0.3, 0.4) is 0 Å². The summed E-state index contributed by atoms with van der Waals surface area (Å²) in [6, 6.07) is 4.25. The van der Waals surface area contributed by atoms with Crippen LogP contribution >= 0.6 is 0 Å². The van der Waals surface area contributed by atoms with Crippen molar-refractivity contribution >= 4 is 18.0 Å². The van der Waals surface area contributed by atoms with Crippen molar-refractivity contribution in [2.75, 3.05) is 14.2 Å². The van der Waals surface area contributed by atoms with Crippen molar-refractivity contribution in [1.82, 2.24) is 4.90 Å². The monoisotopic (exact) mass is 323 g/mol. The van der Waals surface area contributed by atoms with Crippen LogP contribution in [0.1, 0.15) is 47.1 Å². The highest BCUT2D eigenvalue weighted by atomic mass is 16.6. The summed E-state index contributed by atoms with van der Waals surface area (Å²) in [4.78, 5) is 36.1. The molecule has 1 N–H and O–H groups in total. The Balaban J connectivity index is 2.99. The van der Waals surface area contributed by atoms with Gasteiger partial charge in [0, 0.05) is 13.6 Å². The maximum absolute atomic E-state index is 11.9. The predicted molar refractivity (Wildman–Crippen MR) is 82.4 cm³/mol. The summed E-state index contributed by atoms with van der Waals surface area (Å²) in [6.45, 7) is 5.44. The minimum atomic E-state index is -1.22. The Morgan fingerprint density at radius 3 is 2.26 bits per heavy atom. The van der Waals surface area contributed by atoms with Crippen LogP contribution in [0.2, 0.25) is 0 Å². The molecule has 0 spiro atoms. The maximum atomic E-state index is 11.9. The van der Waals surface area contributed by atoms with E-state index < -0.39 is 23.6 Å². The molecule has 126 valence electrons. The van der Waals surface area contributed by atoms with Gasteiger partial charge in [-0.2, -0.15) is 0 Å². The van der Waals surface area contributed by atoms with Crippen molar-refractivity contribution in [1.29, 1.82) is 0 Å². The first-order chi connectivity index (χ1) is 10.5. The molecule has 0 atom stereocenters. The Hall–Kier alpha value is -2.57. The van der Waals surface area contributed by atoms with Crippen molar-refractivity contribution in [2.24, 2.45) is 0 Å². The van der Waals surface area contributed by atoms with Crippen LogP contribution in [0.15, 0.2) is 18.2 Å². The third-order valence-corrected chi connectivity index (χ3v) is 2.84. The van der Waals surface area contributed by atoms with Gasteiger partial charge in [-0.15, -0.1) is 0 Å². The van der Waals surface area contributed by atoms with E-state index in [2.05, 4.69) is 4.74 Å². The number of rotatable bonds is 4. The molecule has 0 saturated heterocycles. The summed E-state index contributed by atoms with van der Waals surface area (Å²) in [5, 5.41) is 9.11. The van der Waals surface area contributed by atoms with E-state index in [0.29, 0.717) is 5.56 Å². The highest BCUT2D eigenvalue weighted by molar-refractivity contribution is 6.02. The van der Waals surface area contributed by atoms with E-state index in [0.717, 1.165) is 0 Å². The van der Waals surface area contributed by atoms with E-state index in [1.807, 2.05) is 0 Å². The van der Waals surface area contributed by atoms with Gasteiger partial charge in [0.1, 0.15) is 5.60 Å². The number of aromatic carboxylic acids is 1. The number of nitrogens with zero attached hydrogens (tertiary/aromatic N) is 1. The number of amides is 1. The zero-order chi connectivity index (χ0) is 17.8.